The topological polar surface area (TPSA) is 77.2 Å². The van der Waals surface area contributed by atoms with E-state index in [1.54, 1.807) is 43.5 Å². The Labute approximate surface area is 143 Å². The van der Waals surface area contributed by atoms with Crippen LogP contribution in [0.2, 0.25) is 0 Å². The van der Waals surface area contributed by atoms with Gasteiger partial charge in [0.25, 0.3) is 0 Å². The van der Waals surface area contributed by atoms with Gasteiger partial charge in [0.05, 0.1) is 7.11 Å². The summed E-state index contributed by atoms with van der Waals surface area (Å²) in [7, 11) is 1.58. The summed E-state index contributed by atoms with van der Waals surface area (Å²) in [5, 5.41) is 6.63. The summed E-state index contributed by atoms with van der Waals surface area (Å²) in [5.74, 6) is 0.946. The normalized spacial score (nSPS) is 10.5. The maximum Gasteiger partial charge on any atom is 0.227 e. The first-order valence-corrected chi connectivity index (χ1v) is 7.66. The van der Waals surface area contributed by atoms with Gasteiger partial charge in [0.15, 0.2) is 0 Å². The van der Waals surface area contributed by atoms with Crippen LogP contribution >= 0.6 is 0 Å². The average Bonchev–Trinajstić information content (AvgIpc) is 3.10. The van der Waals surface area contributed by atoms with Crippen LogP contribution in [0, 0.1) is 5.82 Å². The molecule has 0 saturated carbocycles. The molecule has 0 saturated heterocycles. The molecule has 25 heavy (non-hydrogen) atoms. The number of aryl methyl sites for hydroxylation is 1. The second kappa shape index (κ2) is 7.57. The van der Waals surface area contributed by atoms with E-state index >= 15 is 0 Å². The van der Waals surface area contributed by atoms with Crippen molar-refractivity contribution in [1.82, 2.24) is 10.1 Å². The van der Waals surface area contributed by atoms with Crippen LogP contribution in [0.5, 0.6) is 5.75 Å². The van der Waals surface area contributed by atoms with Crippen LogP contribution in [0.3, 0.4) is 0 Å². The predicted molar refractivity (Wildman–Crippen MR) is 89.6 cm³/mol. The molecular formula is C18H16FN3O3. The van der Waals surface area contributed by atoms with Crippen molar-refractivity contribution in [1.29, 1.82) is 0 Å². The molecule has 0 unspecified atom stereocenters. The number of ether oxygens (including phenoxy) is 1. The van der Waals surface area contributed by atoms with E-state index in [4.69, 9.17) is 9.26 Å². The molecule has 0 aliphatic carbocycles. The number of benzene rings is 2. The Kier molecular flexibility index (Phi) is 5.03. The Balaban J connectivity index is 1.54. The van der Waals surface area contributed by atoms with Crippen molar-refractivity contribution in [2.45, 2.75) is 12.8 Å². The summed E-state index contributed by atoms with van der Waals surface area (Å²) in [6.07, 6.45) is 0.521. The third-order valence-corrected chi connectivity index (χ3v) is 3.51. The summed E-state index contributed by atoms with van der Waals surface area (Å²) >= 11 is 0. The highest BCUT2D eigenvalue weighted by atomic mass is 19.1. The minimum Gasteiger partial charge on any atom is -0.497 e. The van der Waals surface area contributed by atoms with E-state index in [0.717, 1.165) is 5.75 Å². The molecule has 0 fully saturated rings. The van der Waals surface area contributed by atoms with Crippen molar-refractivity contribution in [2.24, 2.45) is 0 Å². The quantitative estimate of drug-likeness (QED) is 0.743. The Morgan fingerprint density at radius 2 is 1.88 bits per heavy atom. The Bertz CT molecular complexity index is 845. The molecule has 0 atom stereocenters. The van der Waals surface area contributed by atoms with E-state index in [1.165, 1.54) is 12.1 Å². The van der Waals surface area contributed by atoms with Gasteiger partial charge in [-0.05, 0) is 48.5 Å². The number of carbonyl (C=O) groups is 1. The van der Waals surface area contributed by atoms with E-state index in [-0.39, 0.29) is 18.1 Å². The van der Waals surface area contributed by atoms with Gasteiger partial charge >= 0.3 is 0 Å². The molecule has 6 nitrogen and oxygen atoms in total. The molecule has 0 bridgehead atoms. The van der Waals surface area contributed by atoms with Crippen molar-refractivity contribution in [3.05, 3.63) is 60.2 Å². The van der Waals surface area contributed by atoms with Crippen LogP contribution in [0.25, 0.3) is 11.4 Å². The number of amides is 1. The zero-order valence-corrected chi connectivity index (χ0v) is 13.5. The minimum absolute atomic E-state index is 0.160. The molecule has 1 heterocycles. The van der Waals surface area contributed by atoms with Gasteiger partial charge < -0.3 is 14.6 Å². The van der Waals surface area contributed by atoms with Gasteiger partial charge in [0.1, 0.15) is 11.6 Å². The Hall–Kier alpha value is -3.22. The lowest BCUT2D eigenvalue weighted by molar-refractivity contribution is -0.116. The van der Waals surface area contributed by atoms with Gasteiger partial charge in [0.2, 0.25) is 17.6 Å². The van der Waals surface area contributed by atoms with Crippen LogP contribution < -0.4 is 10.1 Å². The van der Waals surface area contributed by atoms with Crippen molar-refractivity contribution < 1.29 is 18.4 Å². The predicted octanol–water partition coefficient (Wildman–Crippen LogP) is 3.46. The molecule has 2 aromatic carbocycles. The van der Waals surface area contributed by atoms with Crippen molar-refractivity contribution in [2.75, 3.05) is 12.4 Å². The fraction of sp³-hybridized carbons (Fsp3) is 0.167. The zero-order valence-electron chi connectivity index (χ0n) is 13.5. The van der Waals surface area contributed by atoms with Crippen molar-refractivity contribution in [3.63, 3.8) is 0 Å². The smallest absolute Gasteiger partial charge is 0.227 e. The molecule has 1 aromatic heterocycles. The Morgan fingerprint density at radius 1 is 1.16 bits per heavy atom. The SMILES string of the molecule is COc1ccc(NC(=O)CCc2nc(-c3ccc(F)cc3)no2)cc1. The standard InChI is InChI=1S/C18H16FN3O3/c1-24-15-8-6-14(7-9-15)20-16(23)10-11-17-21-18(22-25-17)12-2-4-13(19)5-3-12/h2-9H,10-11H2,1H3,(H,20,23). The van der Waals surface area contributed by atoms with Gasteiger partial charge in [-0.2, -0.15) is 4.98 Å². The monoisotopic (exact) mass is 341 g/mol. The number of carbonyl (C=O) groups excluding carboxylic acids is 1. The highest BCUT2D eigenvalue weighted by Gasteiger charge is 2.11. The third kappa shape index (κ3) is 4.41. The molecular weight excluding hydrogens is 325 g/mol. The second-order valence-electron chi connectivity index (χ2n) is 5.30. The van der Waals surface area contributed by atoms with Crippen molar-refractivity contribution in [3.8, 4) is 17.1 Å². The highest BCUT2D eigenvalue weighted by Crippen LogP contribution is 2.17. The van der Waals surface area contributed by atoms with Crippen LogP contribution in [0.15, 0.2) is 53.1 Å². The molecule has 0 aliphatic rings. The number of rotatable bonds is 6. The minimum atomic E-state index is -0.331. The van der Waals surface area contributed by atoms with Gasteiger partial charge in [-0.15, -0.1) is 0 Å². The first-order valence-electron chi connectivity index (χ1n) is 7.66. The second-order valence-corrected chi connectivity index (χ2v) is 5.30. The van der Waals surface area contributed by atoms with E-state index in [1.807, 2.05) is 0 Å². The number of halogens is 1. The summed E-state index contributed by atoms with van der Waals surface area (Å²) in [6, 6.07) is 12.8. The fourth-order valence-electron chi connectivity index (χ4n) is 2.19. The first kappa shape index (κ1) is 16.6. The molecule has 1 N–H and O–H groups in total. The van der Waals surface area contributed by atoms with E-state index in [2.05, 4.69) is 15.5 Å². The number of nitrogens with one attached hydrogen (secondary N) is 1. The number of hydrogen-bond acceptors (Lipinski definition) is 5. The summed E-state index contributed by atoms with van der Waals surface area (Å²) < 4.78 is 23.1. The maximum absolute atomic E-state index is 12.9. The molecule has 0 radical (unpaired) electrons. The number of nitrogens with zero attached hydrogens (tertiary/aromatic N) is 2. The summed E-state index contributed by atoms with van der Waals surface area (Å²) in [6.45, 7) is 0. The lowest BCUT2D eigenvalue weighted by Crippen LogP contribution is -2.12. The summed E-state index contributed by atoms with van der Waals surface area (Å²) in [5.41, 5.74) is 1.34. The number of methoxy groups -OCH3 is 1. The molecule has 128 valence electrons. The maximum atomic E-state index is 12.9. The van der Waals surface area contributed by atoms with Gasteiger partial charge in [-0.25, -0.2) is 4.39 Å². The van der Waals surface area contributed by atoms with Gasteiger partial charge in [0, 0.05) is 24.1 Å². The third-order valence-electron chi connectivity index (χ3n) is 3.51. The molecule has 3 rings (SSSR count). The lowest BCUT2D eigenvalue weighted by Gasteiger charge is -2.05. The van der Waals surface area contributed by atoms with E-state index in [0.29, 0.717) is 29.4 Å². The number of anilines is 1. The van der Waals surface area contributed by atoms with Crippen LogP contribution in [0.4, 0.5) is 10.1 Å². The van der Waals surface area contributed by atoms with Crippen molar-refractivity contribution >= 4 is 11.6 Å². The van der Waals surface area contributed by atoms with E-state index < -0.39 is 0 Å². The van der Waals surface area contributed by atoms with E-state index in [9.17, 15) is 9.18 Å². The fourth-order valence-corrected chi connectivity index (χ4v) is 2.19. The largest absolute Gasteiger partial charge is 0.497 e. The molecule has 1 amide bonds. The van der Waals surface area contributed by atoms with Gasteiger partial charge in [-0.1, -0.05) is 5.16 Å². The average molecular weight is 341 g/mol. The highest BCUT2D eigenvalue weighted by molar-refractivity contribution is 5.90. The van der Waals surface area contributed by atoms with Gasteiger partial charge in [-0.3, -0.25) is 4.79 Å². The van der Waals surface area contributed by atoms with Crippen LogP contribution in [-0.4, -0.2) is 23.2 Å². The van der Waals surface area contributed by atoms with Crippen LogP contribution in [-0.2, 0) is 11.2 Å². The Morgan fingerprint density at radius 3 is 2.56 bits per heavy atom. The number of aromatic nitrogens is 2. The lowest BCUT2D eigenvalue weighted by atomic mass is 10.2. The molecule has 0 spiro atoms. The first-order chi connectivity index (χ1) is 12.1. The molecule has 7 heteroatoms. The van der Waals surface area contributed by atoms with Crippen LogP contribution in [0.1, 0.15) is 12.3 Å². The summed E-state index contributed by atoms with van der Waals surface area (Å²) in [4.78, 5) is 16.2. The zero-order chi connectivity index (χ0) is 17.6. The molecule has 0 aliphatic heterocycles. The molecule has 3 aromatic rings. The number of hydrogen-bond donors (Lipinski definition) is 1.